The van der Waals surface area contributed by atoms with E-state index >= 15 is 0 Å². The molecule has 152 valence electrons. The van der Waals surface area contributed by atoms with Gasteiger partial charge in [-0.1, -0.05) is 24.6 Å². The smallest absolute Gasteiger partial charge is 0.256 e. The van der Waals surface area contributed by atoms with E-state index in [0.717, 1.165) is 51.7 Å². The van der Waals surface area contributed by atoms with Gasteiger partial charge < -0.3 is 15.0 Å². The van der Waals surface area contributed by atoms with Crippen LogP contribution in [0.3, 0.4) is 0 Å². The molecule has 28 heavy (non-hydrogen) atoms. The second kappa shape index (κ2) is 8.62. The molecule has 1 atom stereocenters. The zero-order valence-electron chi connectivity index (χ0n) is 16.6. The van der Waals surface area contributed by atoms with Crippen molar-refractivity contribution in [3.05, 3.63) is 35.9 Å². The lowest BCUT2D eigenvalue weighted by molar-refractivity contribution is -0.127. The Morgan fingerprint density at radius 3 is 2.46 bits per heavy atom. The first-order valence-corrected chi connectivity index (χ1v) is 10.7. The van der Waals surface area contributed by atoms with E-state index in [-0.39, 0.29) is 18.4 Å². The van der Waals surface area contributed by atoms with Crippen LogP contribution in [0.5, 0.6) is 0 Å². The van der Waals surface area contributed by atoms with Gasteiger partial charge in [-0.2, -0.15) is 0 Å². The molecule has 1 saturated carbocycles. The largest absolute Gasteiger partial charge is 0.353 e. The molecule has 2 saturated heterocycles. The molecule has 1 unspecified atom stereocenters. The number of carbonyl (C=O) groups is 2. The fourth-order valence-corrected chi connectivity index (χ4v) is 4.85. The Labute approximate surface area is 167 Å². The molecule has 3 fully saturated rings. The quantitative estimate of drug-likeness (QED) is 0.846. The van der Waals surface area contributed by atoms with Crippen molar-refractivity contribution in [1.82, 2.24) is 15.1 Å². The summed E-state index contributed by atoms with van der Waals surface area (Å²) in [6.45, 7) is 4.01. The maximum Gasteiger partial charge on any atom is 0.256 e. The number of amides is 2. The van der Waals surface area contributed by atoms with E-state index < -0.39 is 11.8 Å². The van der Waals surface area contributed by atoms with Gasteiger partial charge in [-0.05, 0) is 63.7 Å². The zero-order valence-corrected chi connectivity index (χ0v) is 16.6. The standard InChI is InChI=1S/C22H31N3O3/c26-20(23-13-16-24-14-7-8-15-24)19-17-28-22(11-5-2-6-12-22)25(19)21(27)18-9-3-1-4-10-18/h1,3-4,9-10,19H,2,5-8,11-17H2,(H,23,26). The van der Waals surface area contributed by atoms with Crippen molar-refractivity contribution in [2.75, 3.05) is 32.8 Å². The molecular formula is C22H31N3O3. The third-order valence-corrected chi connectivity index (χ3v) is 6.36. The number of carbonyl (C=O) groups excluding carboxylic acids is 2. The molecule has 3 aliphatic rings. The molecule has 1 spiro atoms. The van der Waals surface area contributed by atoms with E-state index in [1.165, 1.54) is 12.8 Å². The van der Waals surface area contributed by atoms with E-state index in [4.69, 9.17) is 4.74 Å². The van der Waals surface area contributed by atoms with Crippen LogP contribution in [0.15, 0.2) is 30.3 Å². The number of ether oxygens (including phenoxy) is 1. The Kier molecular flexibility index (Phi) is 5.97. The zero-order chi connectivity index (χ0) is 19.4. The SMILES string of the molecule is O=C(NCCN1CCCC1)C1COC2(CCCCC2)N1C(=O)c1ccccc1. The van der Waals surface area contributed by atoms with Gasteiger partial charge >= 0.3 is 0 Å². The van der Waals surface area contributed by atoms with E-state index in [1.54, 1.807) is 4.90 Å². The highest BCUT2D eigenvalue weighted by molar-refractivity contribution is 5.98. The van der Waals surface area contributed by atoms with Crippen molar-refractivity contribution >= 4 is 11.8 Å². The highest BCUT2D eigenvalue weighted by Crippen LogP contribution is 2.41. The van der Waals surface area contributed by atoms with Crippen LogP contribution in [0.1, 0.15) is 55.3 Å². The predicted molar refractivity (Wildman–Crippen MR) is 107 cm³/mol. The van der Waals surface area contributed by atoms with E-state index in [1.807, 2.05) is 30.3 Å². The summed E-state index contributed by atoms with van der Waals surface area (Å²) in [6, 6.07) is 8.71. The Morgan fingerprint density at radius 1 is 1.04 bits per heavy atom. The molecule has 1 N–H and O–H groups in total. The van der Waals surface area contributed by atoms with Crippen LogP contribution < -0.4 is 5.32 Å². The van der Waals surface area contributed by atoms with Gasteiger partial charge in [-0.15, -0.1) is 0 Å². The van der Waals surface area contributed by atoms with Crippen LogP contribution in [-0.4, -0.2) is 66.2 Å². The van der Waals surface area contributed by atoms with Crippen molar-refractivity contribution in [2.45, 2.75) is 56.7 Å². The van der Waals surface area contributed by atoms with Crippen LogP contribution in [0.2, 0.25) is 0 Å². The van der Waals surface area contributed by atoms with Gasteiger partial charge in [0.05, 0.1) is 6.61 Å². The number of likely N-dealkylation sites (tertiary alicyclic amines) is 1. The predicted octanol–water partition coefficient (Wildman–Crippen LogP) is 2.40. The van der Waals surface area contributed by atoms with Crippen molar-refractivity contribution < 1.29 is 14.3 Å². The molecule has 1 aromatic rings. The first-order valence-electron chi connectivity index (χ1n) is 10.7. The van der Waals surface area contributed by atoms with Crippen molar-refractivity contribution in [3.8, 4) is 0 Å². The lowest BCUT2D eigenvalue weighted by atomic mass is 9.89. The van der Waals surface area contributed by atoms with Gasteiger partial charge in [0.1, 0.15) is 11.8 Å². The van der Waals surface area contributed by atoms with Gasteiger partial charge in [-0.25, -0.2) is 0 Å². The third kappa shape index (κ3) is 3.94. The molecule has 2 aliphatic heterocycles. The minimum absolute atomic E-state index is 0.0917. The topological polar surface area (TPSA) is 61.9 Å². The van der Waals surface area contributed by atoms with Crippen LogP contribution in [0, 0.1) is 0 Å². The lowest BCUT2D eigenvalue weighted by Gasteiger charge is -2.41. The highest BCUT2D eigenvalue weighted by atomic mass is 16.5. The van der Waals surface area contributed by atoms with Crippen LogP contribution in [-0.2, 0) is 9.53 Å². The Hall–Kier alpha value is -1.92. The molecule has 2 heterocycles. The maximum absolute atomic E-state index is 13.4. The van der Waals surface area contributed by atoms with Crippen LogP contribution >= 0.6 is 0 Å². The van der Waals surface area contributed by atoms with Crippen molar-refractivity contribution in [3.63, 3.8) is 0 Å². The number of nitrogens with zero attached hydrogens (tertiary/aromatic N) is 2. The number of benzene rings is 1. The van der Waals surface area contributed by atoms with Crippen LogP contribution in [0.4, 0.5) is 0 Å². The second-order valence-corrected chi connectivity index (χ2v) is 8.21. The minimum atomic E-state index is -0.623. The van der Waals surface area contributed by atoms with Gasteiger partial charge in [0.25, 0.3) is 5.91 Å². The van der Waals surface area contributed by atoms with Gasteiger partial charge in [0, 0.05) is 18.7 Å². The third-order valence-electron chi connectivity index (χ3n) is 6.36. The van der Waals surface area contributed by atoms with Gasteiger partial charge in [0.15, 0.2) is 0 Å². The molecule has 0 aromatic heterocycles. The van der Waals surface area contributed by atoms with Gasteiger partial charge in [-0.3, -0.25) is 14.5 Å². The molecule has 6 heteroatoms. The van der Waals surface area contributed by atoms with Crippen molar-refractivity contribution in [1.29, 1.82) is 0 Å². The Balaban J connectivity index is 1.48. The lowest BCUT2D eigenvalue weighted by Crippen LogP contribution is -2.56. The first kappa shape index (κ1) is 19.4. The number of rotatable bonds is 5. The fraction of sp³-hybridized carbons (Fsp3) is 0.636. The molecule has 6 nitrogen and oxygen atoms in total. The summed E-state index contributed by atoms with van der Waals surface area (Å²) in [5, 5.41) is 3.06. The molecule has 0 bridgehead atoms. The summed E-state index contributed by atoms with van der Waals surface area (Å²) >= 11 is 0. The average Bonchev–Trinajstić information content (AvgIpc) is 3.37. The second-order valence-electron chi connectivity index (χ2n) is 8.21. The Morgan fingerprint density at radius 2 is 1.75 bits per heavy atom. The molecule has 1 aliphatic carbocycles. The number of hydrogen-bond donors (Lipinski definition) is 1. The molecular weight excluding hydrogens is 354 g/mol. The number of nitrogens with one attached hydrogen (secondary N) is 1. The summed E-state index contributed by atoms with van der Waals surface area (Å²) in [7, 11) is 0. The summed E-state index contributed by atoms with van der Waals surface area (Å²) in [6.07, 6.45) is 7.32. The average molecular weight is 386 g/mol. The van der Waals surface area contributed by atoms with E-state index in [2.05, 4.69) is 10.2 Å². The summed E-state index contributed by atoms with van der Waals surface area (Å²) in [5.74, 6) is -0.189. The molecule has 4 rings (SSSR count). The van der Waals surface area contributed by atoms with E-state index in [0.29, 0.717) is 12.1 Å². The van der Waals surface area contributed by atoms with E-state index in [9.17, 15) is 9.59 Å². The molecule has 1 aromatic carbocycles. The summed E-state index contributed by atoms with van der Waals surface area (Å²) in [5.41, 5.74) is -0.00454. The monoisotopic (exact) mass is 385 g/mol. The maximum atomic E-state index is 13.4. The number of hydrogen-bond acceptors (Lipinski definition) is 4. The molecule has 2 amide bonds. The minimum Gasteiger partial charge on any atom is -0.353 e. The highest BCUT2D eigenvalue weighted by Gasteiger charge is 2.52. The molecule has 0 radical (unpaired) electrons. The summed E-state index contributed by atoms with van der Waals surface area (Å²) in [4.78, 5) is 30.5. The van der Waals surface area contributed by atoms with Crippen molar-refractivity contribution in [2.24, 2.45) is 0 Å². The summed E-state index contributed by atoms with van der Waals surface area (Å²) < 4.78 is 6.18. The fourth-order valence-electron chi connectivity index (χ4n) is 4.85. The normalized spacial score (nSPS) is 24.6. The first-order chi connectivity index (χ1) is 13.7. The van der Waals surface area contributed by atoms with Gasteiger partial charge in [0.2, 0.25) is 5.91 Å². The Bertz CT molecular complexity index is 682. The van der Waals surface area contributed by atoms with Crippen LogP contribution in [0.25, 0.3) is 0 Å².